The Kier molecular flexibility index (Phi) is 2.94. The molecule has 0 nitrogen and oxygen atoms in total. The van der Waals surface area contributed by atoms with Crippen LogP contribution in [-0.4, -0.2) is 5.75 Å². The molecular formula is C12H16S. The van der Waals surface area contributed by atoms with Crippen LogP contribution in [0.5, 0.6) is 0 Å². The van der Waals surface area contributed by atoms with Crippen LogP contribution in [0.3, 0.4) is 0 Å². The Morgan fingerprint density at radius 3 is 3.08 bits per heavy atom. The van der Waals surface area contributed by atoms with Crippen molar-refractivity contribution in [2.24, 2.45) is 0 Å². The smallest absolute Gasteiger partial charge is 0.0107 e. The lowest BCUT2D eigenvalue weighted by Crippen LogP contribution is -1.95. The van der Waals surface area contributed by atoms with Crippen LogP contribution in [0.2, 0.25) is 0 Å². The van der Waals surface area contributed by atoms with Crippen molar-refractivity contribution in [3.8, 4) is 0 Å². The number of thioether (sulfide) groups is 1. The average Bonchev–Trinajstić information content (AvgIpc) is 2.58. The average molecular weight is 192 g/mol. The Morgan fingerprint density at radius 2 is 2.23 bits per heavy atom. The van der Waals surface area contributed by atoms with Gasteiger partial charge in [-0.3, -0.25) is 0 Å². The van der Waals surface area contributed by atoms with Crippen LogP contribution in [0.15, 0.2) is 29.2 Å². The molecule has 0 radical (unpaired) electrons. The molecule has 0 fully saturated rings. The van der Waals surface area contributed by atoms with E-state index in [-0.39, 0.29) is 0 Å². The molecule has 0 bridgehead atoms. The summed E-state index contributed by atoms with van der Waals surface area (Å²) in [5.74, 6) is 2.14. The molecule has 0 amide bonds. The molecule has 0 saturated heterocycles. The monoisotopic (exact) mass is 192 g/mol. The van der Waals surface area contributed by atoms with Gasteiger partial charge in [0.05, 0.1) is 0 Å². The van der Waals surface area contributed by atoms with Gasteiger partial charge in [-0.2, -0.15) is 0 Å². The van der Waals surface area contributed by atoms with E-state index in [9.17, 15) is 0 Å². The van der Waals surface area contributed by atoms with Crippen molar-refractivity contribution in [3.05, 3.63) is 29.8 Å². The molecule has 0 saturated carbocycles. The summed E-state index contributed by atoms with van der Waals surface area (Å²) in [6, 6.07) is 8.87. The zero-order valence-corrected chi connectivity index (χ0v) is 8.94. The van der Waals surface area contributed by atoms with Crippen molar-refractivity contribution in [2.75, 3.05) is 5.75 Å². The summed E-state index contributed by atoms with van der Waals surface area (Å²) in [7, 11) is 0. The Bertz CT molecular complexity index is 280. The van der Waals surface area contributed by atoms with E-state index in [4.69, 9.17) is 0 Å². The number of fused-ring (bicyclic) bond motifs is 1. The molecule has 1 aromatic rings. The number of hydrogen-bond acceptors (Lipinski definition) is 1. The maximum atomic E-state index is 2.30. The lowest BCUT2D eigenvalue weighted by molar-refractivity contribution is 0.632. The maximum absolute atomic E-state index is 2.30. The molecular weight excluding hydrogens is 176 g/mol. The number of benzene rings is 1. The number of rotatable bonds is 3. The first kappa shape index (κ1) is 9.14. The fourth-order valence-corrected chi connectivity index (χ4v) is 3.22. The normalized spacial score (nSPS) is 20.2. The third kappa shape index (κ3) is 1.91. The van der Waals surface area contributed by atoms with Crippen LogP contribution in [0.4, 0.5) is 0 Å². The van der Waals surface area contributed by atoms with Crippen LogP contribution in [0, 0.1) is 0 Å². The van der Waals surface area contributed by atoms with Gasteiger partial charge in [-0.1, -0.05) is 38.0 Å². The lowest BCUT2D eigenvalue weighted by Gasteiger charge is -2.08. The van der Waals surface area contributed by atoms with Gasteiger partial charge in [-0.15, -0.1) is 11.8 Å². The Labute approximate surface area is 84.7 Å². The molecule has 0 spiro atoms. The topological polar surface area (TPSA) is 0 Å². The molecule has 2 rings (SSSR count). The van der Waals surface area contributed by atoms with Crippen molar-refractivity contribution >= 4 is 11.8 Å². The Hall–Kier alpha value is -0.430. The minimum Gasteiger partial charge on any atom is -0.125 e. The second kappa shape index (κ2) is 4.19. The van der Waals surface area contributed by atoms with Crippen molar-refractivity contribution in [3.63, 3.8) is 0 Å². The summed E-state index contributed by atoms with van der Waals surface area (Å²) in [6.07, 6.45) is 4.07. The van der Waals surface area contributed by atoms with Gasteiger partial charge in [0.2, 0.25) is 0 Å². The Morgan fingerprint density at radius 1 is 1.38 bits per heavy atom. The molecule has 13 heavy (non-hydrogen) atoms. The van der Waals surface area contributed by atoms with E-state index >= 15 is 0 Å². The number of hydrogen-bond donors (Lipinski definition) is 0. The Balaban J connectivity index is 2.09. The van der Waals surface area contributed by atoms with Gasteiger partial charge in [0, 0.05) is 10.6 Å². The summed E-state index contributed by atoms with van der Waals surface area (Å²) >= 11 is 2.03. The van der Waals surface area contributed by atoms with E-state index in [1.54, 1.807) is 5.56 Å². The molecule has 1 aliphatic heterocycles. The van der Waals surface area contributed by atoms with Crippen molar-refractivity contribution in [1.82, 2.24) is 0 Å². The van der Waals surface area contributed by atoms with Gasteiger partial charge < -0.3 is 0 Å². The molecule has 1 heteroatoms. The van der Waals surface area contributed by atoms with Gasteiger partial charge >= 0.3 is 0 Å². The van der Waals surface area contributed by atoms with E-state index < -0.39 is 0 Å². The molecule has 1 aliphatic rings. The first-order valence-electron chi connectivity index (χ1n) is 5.13. The zero-order chi connectivity index (χ0) is 9.10. The van der Waals surface area contributed by atoms with Gasteiger partial charge in [0.15, 0.2) is 0 Å². The van der Waals surface area contributed by atoms with Gasteiger partial charge in [0.25, 0.3) is 0 Å². The summed E-state index contributed by atoms with van der Waals surface area (Å²) in [6.45, 7) is 2.27. The first-order valence-corrected chi connectivity index (χ1v) is 6.12. The van der Waals surface area contributed by atoms with Gasteiger partial charge in [-0.05, 0) is 24.0 Å². The van der Waals surface area contributed by atoms with E-state index in [1.807, 2.05) is 11.8 Å². The SMILES string of the molecule is CCCCC1CSc2ccccc21. The third-order valence-corrected chi connectivity index (χ3v) is 3.96. The molecule has 1 unspecified atom stereocenters. The fourth-order valence-electron chi connectivity index (χ4n) is 1.92. The molecule has 1 aromatic carbocycles. The van der Waals surface area contributed by atoms with E-state index in [0.29, 0.717) is 0 Å². The van der Waals surface area contributed by atoms with Crippen molar-refractivity contribution in [1.29, 1.82) is 0 Å². The maximum Gasteiger partial charge on any atom is 0.0107 e. The minimum atomic E-state index is 0.834. The third-order valence-electron chi connectivity index (χ3n) is 2.70. The quantitative estimate of drug-likeness (QED) is 0.695. The standard InChI is InChI=1S/C12H16S/c1-2-3-6-10-9-13-12-8-5-4-7-11(10)12/h4-5,7-8,10H,2-3,6,9H2,1H3. The predicted octanol–water partition coefficient (Wildman–Crippen LogP) is 4.07. The van der Waals surface area contributed by atoms with Crippen LogP contribution >= 0.6 is 11.8 Å². The van der Waals surface area contributed by atoms with Gasteiger partial charge in [0.1, 0.15) is 0 Å². The number of unbranched alkanes of at least 4 members (excludes halogenated alkanes) is 1. The summed E-state index contributed by atoms with van der Waals surface area (Å²) in [5, 5.41) is 0. The predicted molar refractivity (Wildman–Crippen MR) is 59.4 cm³/mol. The second-order valence-electron chi connectivity index (χ2n) is 3.69. The highest BCUT2D eigenvalue weighted by Crippen LogP contribution is 2.41. The molecule has 0 aliphatic carbocycles. The van der Waals surface area contributed by atoms with Crippen LogP contribution in [-0.2, 0) is 0 Å². The highest BCUT2D eigenvalue weighted by molar-refractivity contribution is 7.99. The highest BCUT2D eigenvalue weighted by Gasteiger charge is 2.21. The molecule has 1 atom stereocenters. The van der Waals surface area contributed by atoms with Crippen LogP contribution in [0.25, 0.3) is 0 Å². The lowest BCUT2D eigenvalue weighted by atomic mass is 9.96. The summed E-state index contributed by atoms with van der Waals surface area (Å²) in [5.41, 5.74) is 1.60. The van der Waals surface area contributed by atoms with E-state index in [0.717, 1.165) is 5.92 Å². The first-order chi connectivity index (χ1) is 6.42. The molecule has 70 valence electrons. The summed E-state index contributed by atoms with van der Waals surface area (Å²) < 4.78 is 0. The van der Waals surface area contributed by atoms with Crippen molar-refractivity contribution < 1.29 is 0 Å². The summed E-state index contributed by atoms with van der Waals surface area (Å²) in [4.78, 5) is 1.52. The van der Waals surface area contributed by atoms with E-state index in [2.05, 4.69) is 31.2 Å². The molecule has 0 aromatic heterocycles. The van der Waals surface area contributed by atoms with E-state index in [1.165, 1.54) is 29.9 Å². The second-order valence-corrected chi connectivity index (χ2v) is 4.75. The van der Waals surface area contributed by atoms with Crippen molar-refractivity contribution in [2.45, 2.75) is 37.0 Å². The highest BCUT2D eigenvalue weighted by atomic mass is 32.2. The zero-order valence-electron chi connectivity index (χ0n) is 8.12. The van der Waals surface area contributed by atoms with Crippen LogP contribution < -0.4 is 0 Å². The van der Waals surface area contributed by atoms with Gasteiger partial charge in [-0.25, -0.2) is 0 Å². The molecule has 1 heterocycles. The molecule has 0 N–H and O–H groups in total. The van der Waals surface area contributed by atoms with Crippen LogP contribution in [0.1, 0.15) is 37.7 Å². The minimum absolute atomic E-state index is 0.834. The largest absolute Gasteiger partial charge is 0.125 e. The fraction of sp³-hybridized carbons (Fsp3) is 0.500.